The molecule has 0 saturated carbocycles. The number of unbranched alkanes of at least 4 members (excludes halogenated alkanes) is 25. The highest BCUT2D eigenvalue weighted by Gasteiger charge is 2.20. The third kappa shape index (κ3) is 48.5. The van der Waals surface area contributed by atoms with E-state index in [4.69, 9.17) is 23.7 Å². The highest BCUT2D eigenvalue weighted by molar-refractivity contribution is 5.89. The molecule has 0 saturated heterocycles. The maximum atomic E-state index is 13.0. The molecule has 0 aromatic heterocycles. The van der Waals surface area contributed by atoms with Gasteiger partial charge in [-0.2, -0.15) is 0 Å². The predicted octanol–water partition coefficient (Wildman–Crippen LogP) is 18.9. The van der Waals surface area contributed by atoms with Crippen LogP contribution in [0.1, 0.15) is 297 Å². The van der Waals surface area contributed by atoms with Gasteiger partial charge in [-0.1, -0.05) is 205 Å². The summed E-state index contributed by atoms with van der Waals surface area (Å²) in [4.78, 5) is 63.9. The fraction of sp³-hybridized carbons (Fsp3) is 0.757. The number of carbonyl (C=O) groups is 5. The maximum absolute atomic E-state index is 13.0. The molecule has 4 N–H and O–H groups in total. The first kappa shape index (κ1) is 77.3. The van der Waals surface area contributed by atoms with Crippen LogP contribution in [0, 0.1) is 6.92 Å². The van der Waals surface area contributed by atoms with E-state index in [1.165, 1.54) is 38.5 Å². The SMILES string of the molecule is CCCCCCC(O)CC=CCCCCCCCC(=O)OCC(COC(=O)CCCCCCCC=CCC(CCCCCC)OC(=O)Nc1ccc(C)c(NC(=O)OCCCC)c1)OC(=O)CCCCCCCC=CCC(O)CCCCCC. The van der Waals surface area contributed by atoms with Gasteiger partial charge in [0.05, 0.1) is 18.8 Å². The summed E-state index contributed by atoms with van der Waals surface area (Å²) in [6, 6.07) is 5.31. The van der Waals surface area contributed by atoms with E-state index in [0.717, 1.165) is 179 Å². The van der Waals surface area contributed by atoms with Gasteiger partial charge < -0.3 is 33.9 Å². The molecule has 2 amide bonds. The Morgan fingerprint density at radius 1 is 0.429 bits per heavy atom. The van der Waals surface area contributed by atoms with E-state index in [1.807, 2.05) is 19.9 Å². The molecule has 14 heteroatoms. The number of allylic oxidation sites excluding steroid dienone is 3. The number of esters is 3. The zero-order chi connectivity index (χ0) is 61.4. The van der Waals surface area contributed by atoms with E-state index in [0.29, 0.717) is 50.1 Å². The number of nitrogens with one attached hydrogen (secondary N) is 2. The van der Waals surface area contributed by atoms with E-state index in [9.17, 15) is 34.2 Å². The second-order valence-corrected chi connectivity index (χ2v) is 23.2. The van der Waals surface area contributed by atoms with Crippen LogP contribution in [-0.4, -0.2) is 84.5 Å². The Bertz CT molecular complexity index is 1890. The summed E-state index contributed by atoms with van der Waals surface area (Å²) in [5, 5.41) is 25.9. The Morgan fingerprint density at radius 3 is 1.35 bits per heavy atom. The van der Waals surface area contributed by atoms with Gasteiger partial charge in [-0.15, -0.1) is 0 Å². The lowest BCUT2D eigenvalue weighted by molar-refractivity contribution is -0.167. The number of hydrogen-bond acceptors (Lipinski definition) is 12. The topological polar surface area (TPSA) is 196 Å². The number of aliphatic hydroxyl groups excluding tert-OH is 2. The van der Waals surface area contributed by atoms with Gasteiger partial charge in [0.1, 0.15) is 19.3 Å². The molecule has 0 spiro atoms. The summed E-state index contributed by atoms with van der Waals surface area (Å²) in [5.74, 6) is -1.12. The minimum absolute atomic E-state index is 0.161. The highest BCUT2D eigenvalue weighted by Crippen LogP contribution is 2.23. The van der Waals surface area contributed by atoms with Crippen LogP contribution < -0.4 is 10.6 Å². The Hall–Kier alpha value is -4.69. The second kappa shape index (κ2) is 56.1. The summed E-state index contributed by atoms with van der Waals surface area (Å²) in [6.07, 6.45) is 47.8. The third-order valence-corrected chi connectivity index (χ3v) is 15.0. The molecule has 0 heterocycles. The molecule has 1 aromatic rings. The largest absolute Gasteiger partial charge is 0.462 e. The van der Waals surface area contributed by atoms with E-state index in [2.05, 4.69) is 67.9 Å². The van der Waals surface area contributed by atoms with Gasteiger partial charge in [0.15, 0.2) is 6.10 Å². The van der Waals surface area contributed by atoms with Crippen molar-refractivity contribution >= 4 is 41.5 Å². The van der Waals surface area contributed by atoms with Crippen molar-refractivity contribution in [1.82, 2.24) is 0 Å². The van der Waals surface area contributed by atoms with Crippen LogP contribution in [0.25, 0.3) is 0 Å². The van der Waals surface area contributed by atoms with Gasteiger partial charge in [0.2, 0.25) is 0 Å². The Balaban J connectivity index is 2.53. The van der Waals surface area contributed by atoms with Crippen molar-refractivity contribution in [3.05, 3.63) is 60.2 Å². The van der Waals surface area contributed by atoms with Crippen molar-refractivity contribution in [1.29, 1.82) is 0 Å². The van der Waals surface area contributed by atoms with Crippen molar-refractivity contribution < 1.29 is 57.9 Å². The number of rotatable bonds is 56. The molecule has 1 rings (SSSR count). The number of amides is 2. The Morgan fingerprint density at radius 2 is 0.857 bits per heavy atom. The van der Waals surface area contributed by atoms with Crippen LogP contribution in [0.5, 0.6) is 0 Å². The van der Waals surface area contributed by atoms with Crippen LogP contribution in [0.2, 0.25) is 0 Å². The van der Waals surface area contributed by atoms with Crippen LogP contribution in [0.3, 0.4) is 0 Å². The second-order valence-electron chi connectivity index (χ2n) is 23.2. The van der Waals surface area contributed by atoms with Gasteiger partial charge in [-0.3, -0.25) is 25.0 Å². The van der Waals surface area contributed by atoms with Crippen molar-refractivity contribution in [2.45, 2.75) is 322 Å². The van der Waals surface area contributed by atoms with Gasteiger partial charge >= 0.3 is 30.1 Å². The molecule has 1 aromatic carbocycles. The normalized spacial score (nSPS) is 13.0. The molecule has 14 nitrogen and oxygen atoms in total. The minimum Gasteiger partial charge on any atom is -0.462 e. The fourth-order valence-electron chi connectivity index (χ4n) is 9.63. The molecule has 482 valence electrons. The fourth-order valence-corrected chi connectivity index (χ4v) is 9.63. The van der Waals surface area contributed by atoms with Crippen molar-refractivity contribution in [2.75, 3.05) is 30.5 Å². The first-order valence-electron chi connectivity index (χ1n) is 33.7. The quantitative estimate of drug-likeness (QED) is 0.0209. The predicted molar refractivity (Wildman–Crippen MR) is 343 cm³/mol. The number of aliphatic hydroxyl groups is 2. The monoisotopic (exact) mass is 1180 g/mol. The Labute approximate surface area is 510 Å². The molecule has 0 aliphatic carbocycles. The minimum atomic E-state index is -0.875. The molecule has 0 bridgehead atoms. The van der Waals surface area contributed by atoms with Crippen molar-refractivity contribution in [2.24, 2.45) is 0 Å². The molecule has 84 heavy (non-hydrogen) atoms. The van der Waals surface area contributed by atoms with Gasteiger partial charge in [0.25, 0.3) is 0 Å². The molecule has 4 unspecified atom stereocenters. The van der Waals surface area contributed by atoms with Gasteiger partial charge in [-0.05, 0) is 127 Å². The zero-order valence-corrected chi connectivity index (χ0v) is 53.6. The molecule has 0 radical (unpaired) electrons. The lowest BCUT2D eigenvalue weighted by atomic mass is 10.1. The zero-order valence-electron chi connectivity index (χ0n) is 53.6. The lowest BCUT2D eigenvalue weighted by Crippen LogP contribution is -2.30. The van der Waals surface area contributed by atoms with E-state index < -0.39 is 24.3 Å². The van der Waals surface area contributed by atoms with Gasteiger partial charge in [-0.25, -0.2) is 9.59 Å². The molecular weight excluding hydrogens is 1060 g/mol. The van der Waals surface area contributed by atoms with Crippen LogP contribution >= 0.6 is 0 Å². The standard InChI is InChI=1S/C70H120N2O12/c1-6-10-14-35-44-61(73)46-37-29-23-17-20-26-32-41-50-66(75)81-57-64(83-68(77)52-43-34-28-21-18-24-30-38-47-62(74)45-36-15-11-7-2)58-82-67(76)51-42-33-27-22-19-25-31-40-49-63(48-39-16-12-8-3)84-70(79)71-60-54-53-59(5)65(56-60)72-69(78)80-55-13-9-4/h29-31,37-38,40,53-54,56,61-64,73-74H,6-28,32-36,39,41-52,55,57-58H2,1-5H3,(H,71,79)(H,72,78). The van der Waals surface area contributed by atoms with Crippen LogP contribution in [0.15, 0.2) is 54.7 Å². The summed E-state index contributed by atoms with van der Waals surface area (Å²) < 4.78 is 28.0. The van der Waals surface area contributed by atoms with E-state index >= 15 is 0 Å². The number of benzene rings is 1. The number of anilines is 2. The highest BCUT2D eigenvalue weighted by atomic mass is 16.6. The summed E-state index contributed by atoms with van der Waals surface area (Å²) >= 11 is 0. The maximum Gasteiger partial charge on any atom is 0.411 e. The molecular formula is C70H120N2O12. The first-order valence-corrected chi connectivity index (χ1v) is 33.7. The average molecular weight is 1180 g/mol. The van der Waals surface area contributed by atoms with Crippen LogP contribution in [-0.2, 0) is 38.1 Å². The number of ether oxygens (including phenoxy) is 5. The molecule has 4 atom stereocenters. The van der Waals surface area contributed by atoms with Crippen LogP contribution in [0.4, 0.5) is 21.0 Å². The average Bonchev–Trinajstić information content (AvgIpc) is 3.67. The van der Waals surface area contributed by atoms with Gasteiger partial charge in [0, 0.05) is 37.1 Å². The number of carbonyl (C=O) groups excluding carboxylic acids is 5. The Kier molecular flexibility index (Phi) is 51.7. The smallest absolute Gasteiger partial charge is 0.411 e. The lowest BCUT2D eigenvalue weighted by Gasteiger charge is -2.18. The van der Waals surface area contributed by atoms with E-state index in [-0.39, 0.29) is 62.7 Å². The molecule has 0 aliphatic heterocycles. The summed E-state index contributed by atoms with van der Waals surface area (Å²) in [7, 11) is 0. The number of hydrogen-bond donors (Lipinski definition) is 4. The third-order valence-electron chi connectivity index (χ3n) is 15.0. The molecule has 0 aliphatic rings. The van der Waals surface area contributed by atoms with E-state index in [1.54, 1.807) is 12.1 Å². The van der Waals surface area contributed by atoms with Crippen molar-refractivity contribution in [3.8, 4) is 0 Å². The number of aryl methyl sites for hydroxylation is 1. The summed E-state index contributed by atoms with van der Waals surface area (Å²) in [6.45, 7) is 10.5. The summed E-state index contributed by atoms with van der Waals surface area (Å²) in [5.41, 5.74) is 1.92. The first-order chi connectivity index (χ1) is 40.9. The van der Waals surface area contributed by atoms with Crippen molar-refractivity contribution in [3.63, 3.8) is 0 Å². The molecule has 0 fully saturated rings.